The lowest BCUT2D eigenvalue weighted by Gasteiger charge is -2.54. The molecule has 6 aliphatic carbocycles. The number of Topliss-reactive ketones (excluding diaryl/α,β-unsaturated/α-hetero) is 1. The Morgan fingerprint density at radius 3 is 2.20 bits per heavy atom. The molecule has 0 aromatic rings. The summed E-state index contributed by atoms with van der Waals surface area (Å²) in [5.74, 6) is -4.93. The first kappa shape index (κ1) is 28.0. The second-order valence-electron chi connectivity index (χ2n) is 14.0. The molecule has 1 heterocycles. The second-order valence-corrected chi connectivity index (χ2v) is 15.5. The number of rotatable bonds is 6. The molecule has 6 bridgehead atoms. The van der Waals surface area contributed by atoms with Crippen molar-refractivity contribution in [1.29, 1.82) is 0 Å². The van der Waals surface area contributed by atoms with E-state index in [0.29, 0.717) is 32.6 Å². The van der Waals surface area contributed by atoms with Crippen molar-refractivity contribution in [3.05, 3.63) is 0 Å². The minimum atomic E-state index is -5.86. The van der Waals surface area contributed by atoms with E-state index in [4.69, 9.17) is 14.0 Å². The van der Waals surface area contributed by atoms with Crippen molar-refractivity contribution in [2.75, 3.05) is 0 Å². The molecule has 0 aromatic carbocycles. The van der Waals surface area contributed by atoms with E-state index >= 15 is 0 Å². The molecule has 6 saturated carbocycles. The lowest BCUT2D eigenvalue weighted by atomic mass is 9.49. The Labute approximate surface area is 231 Å². The zero-order chi connectivity index (χ0) is 29.3. The monoisotopic (exact) mass is 587 g/mol. The highest BCUT2D eigenvalue weighted by atomic mass is 32.2. The molecule has 1 N–H and O–H groups in total. The number of carbonyl (C=O) groups excluding carboxylic acids is 4. The lowest BCUT2D eigenvalue weighted by Crippen LogP contribution is -2.57. The number of ketones is 1. The van der Waals surface area contributed by atoms with Gasteiger partial charge in [0.2, 0.25) is 5.91 Å². The number of nitrogens with zero attached hydrogens (tertiary/aromatic N) is 1. The molecule has 9 atom stereocenters. The van der Waals surface area contributed by atoms with Crippen LogP contribution in [0, 0.1) is 46.8 Å². The Morgan fingerprint density at radius 2 is 1.65 bits per heavy atom. The van der Waals surface area contributed by atoms with Crippen molar-refractivity contribution >= 4 is 33.7 Å². The molecule has 1 amide bonds. The Kier molecular flexibility index (Phi) is 5.92. The average Bonchev–Trinajstić information content (AvgIpc) is 3.43. The first-order valence-corrected chi connectivity index (χ1v) is 15.4. The maximum Gasteiger partial charge on any atom is 0.405 e. The highest BCUT2D eigenvalue weighted by Gasteiger charge is 2.73. The van der Waals surface area contributed by atoms with Crippen LogP contribution in [-0.4, -0.2) is 70.5 Å². The largest absolute Gasteiger partial charge is 0.459 e. The van der Waals surface area contributed by atoms with Crippen molar-refractivity contribution in [2.45, 2.75) is 95.3 Å². The predicted molar refractivity (Wildman–Crippen MR) is 132 cm³/mol. The van der Waals surface area contributed by atoms with Gasteiger partial charge in [-0.15, -0.1) is 0 Å². The standard InChI is InChI=1S/C27H35F2NO9S/c1-11(27(28,29)40(35,36)37)38-23(33)18-16-7-15-17(18)22(32)30(25(2,3)4)19(15)21(16)39-24(34)26-8-12-5-13(9-26)20(31)14(6-12)10-26/h11-19,21H,5-10H2,1-4H3,(H,35,36,37). The molecule has 0 aromatic heterocycles. The third-order valence-electron chi connectivity index (χ3n) is 10.6. The van der Waals surface area contributed by atoms with Gasteiger partial charge in [0.1, 0.15) is 11.9 Å². The highest BCUT2D eigenvalue weighted by molar-refractivity contribution is 7.86. The summed E-state index contributed by atoms with van der Waals surface area (Å²) in [6.45, 7) is 6.14. The normalized spacial score (nSPS) is 42.5. The van der Waals surface area contributed by atoms with Gasteiger partial charge < -0.3 is 14.4 Å². The Bertz CT molecular complexity index is 1270. The summed E-state index contributed by atoms with van der Waals surface area (Å²) in [6, 6.07) is -0.497. The van der Waals surface area contributed by atoms with E-state index in [1.54, 1.807) is 4.90 Å². The highest BCUT2D eigenvalue weighted by Crippen LogP contribution is 2.63. The lowest BCUT2D eigenvalue weighted by molar-refractivity contribution is -0.188. The zero-order valence-electron chi connectivity index (χ0n) is 22.8. The Morgan fingerprint density at radius 1 is 1.05 bits per heavy atom. The van der Waals surface area contributed by atoms with E-state index in [1.165, 1.54) is 0 Å². The van der Waals surface area contributed by atoms with Crippen LogP contribution in [0.1, 0.15) is 66.2 Å². The van der Waals surface area contributed by atoms with Crippen molar-refractivity contribution < 1.29 is 50.4 Å². The fourth-order valence-electron chi connectivity index (χ4n) is 9.34. The summed E-state index contributed by atoms with van der Waals surface area (Å²) >= 11 is 0. The molecule has 1 aliphatic heterocycles. The topological polar surface area (TPSA) is 144 Å². The first-order valence-electron chi connectivity index (χ1n) is 14.0. The van der Waals surface area contributed by atoms with Gasteiger partial charge in [-0.1, -0.05) is 0 Å². The molecule has 40 heavy (non-hydrogen) atoms. The van der Waals surface area contributed by atoms with Gasteiger partial charge in [-0.3, -0.25) is 23.7 Å². The fourth-order valence-corrected chi connectivity index (χ4v) is 9.81. The predicted octanol–water partition coefficient (Wildman–Crippen LogP) is 2.60. The molecule has 7 fully saturated rings. The summed E-state index contributed by atoms with van der Waals surface area (Å²) in [7, 11) is -5.86. The number of carbonyl (C=O) groups is 4. The number of alkyl halides is 2. The second kappa shape index (κ2) is 8.45. The smallest absolute Gasteiger partial charge is 0.405 e. The first-order chi connectivity index (χ1) is 18.4. The third-order valence-corrected chi connectivity index (χ3v) is 11.7. The van der Waals surface area contributed by atoms with Crippen LogP contribution in [0.25, 0.3) is 0 Å². The molecule has 13 heteroatoms. The van der Waals surface area contributed by atoms with Crippen molar-refractivity contribution in [3.63, 3.8) is 0 Å². The number of hydrogen-bond acceptors (Lipinski definition) is 8. The summed E-state index contributed by atoms with van der Waals surface area (Å²) in [5.41, 5.74) is -1.48. The van der Waals surface area contributed by atoms with E-state index in [1.807, 2.05) is 20.8 Å². The maximum absolute atomic E-state index is 14.2. The van der Waals surface area contributed by atoms with E-state index in [-0.39, 0.29) is 35.4 Å². The minimum absolute atomic E-state index is 0.156. The maximum atomic E-state index is 14.2. The summed E-state index contributed by atoms with van der Waals surface area (Å²) in [6.07, 6.45) is 0.0285. The van der Waals surface area contributed by atoms with Crippen LogP contribution < -0.4 is 0 Å². The zero-order valence-corrected chi connectivity index (χ0v) is 23.7. The molecule has 0 spiro atoms. The summed E-state index contributed by atoms with van der Waals surface area (Å²) in [5, 5.41) is -4.75. The van der Waals surface area contributed by atoms with Crippen molar-refractivity contribution in [1.82, 2.24) is 4.90 Å². The van der Waals surface area contributed by atoms with E-state index in [9.17, 15) is 36.4 Å². The van der Waals surface area contributed by atoms with Crippen LogP contribution in [0.2, 0.25) is 0 Å². The molecule has 0 radical (unpaired) electrons. The van der Waals surface area contributed by atoms with Gasteiger partial charge in [0, 0.05) is 23.3 Å². The molecule has 10 nitrogen and oxygen atoms in total. The van der Waals surface area contributed by atoms with E-state index in [0.717, 1.165) is 12.8 Å². The Hall–Kier alpha value is -2.15. The minimum Gasteiger partial charge on any atom is -0.459 e. The molecule has 9 unspecified atom stereocenters. The van der Waals surface area contributed by atoms with Crippen LogP contribution >= 0.6 is 0 Å². The molecule has 7 rings (SSSR count). The summed E-state index contributed by atoms with van der Waals surface area (Å²) < 4.78 is 70.8. The van der Waals surface area contributed by atoms with Gasteiger partial charge in [-0.05, 0) is 78.1 Å². The molecule has 222 valence electrons. The number of ether oxygens (including phenoxy) is 2. The SMILES string of the molecule is CC(OC(=O)C1C2CC3C1C(=O)N(C(C)(C)C)C3C2OC(=O)C12CC3CC(C1)C(=O)C(C3)C2)C(F)(F)S(=O)(=O)O. The van der Waals surface area contributed by atoms with E-state index < -0.39 is 74.3 Å². The van der Waals surface area contributed by atoms with Crippen molar-refractivity contribution in [3.8, 4) is 0 Å². The number of esters is 2. The van der Waals surface area contributed by atoms with Crippen LogP contribution in [0.5, 0.6) is 0 Å². The quantitative estimate of drug-likeness (QED) is 0.366. The molecular formula is C27H35F2NO9S. The van der Waals surface area contributed by atoms with Crippen LogP contribution in [-0.2, 0) is 38.8 Å². The van der Waals surface area contributed by atoms with Gasteiger partial charge >= 0.3 is 27.3 Å². The average molecular weight is 588 g/mol. The number of halogens is 2. The number of hydrogen-bond donors (Lipinski definition) is 1. The van der Waals surface area contributed by atoms with Gasteiger partial charge in [-0.2, -0.15) is 17.2 Å². The van der Waals surface area contributed by atoms with Gasteiger partial charge in [0.15, 0.2) is 6.10 Å². The van der Waals surface area contributed by atoms with Gasteiger partial charge in [-0.25, -0.2) is 0 Å². The van der Waals surface area contributed by atoms with Crippen molar-refractivity contribution in [2.24, 2.45) is 46.8 Å². The summed E-state index contributed by atoms with van der Waals surface area (Å²) in [4.78, 5) is 55.2. The van der Waals surface area contributed by atoms with Gasteiger partial charge in [0.05, 0.1) is 23.3 Å². The van der Waals surface area contributed by atoms with E-state index in [2.05, 4.69) is 0 Å². The van der Waals surface area contributed by atoms with Gasteiger partial charge in [0.25, 0.3) is 0 Å². The molecular weight excluding hydrogens is 552 g/mol. The Balaban J connectivity index is 1.29. The molecule has 1 saturated heterocycles. The number of amides is 1. The fraction of sp³-hybridized carbons (Fsp3) is 0.852. The number of likely N-dealkylation sites (tertiary alicyclic amines) is 1. The van der Waals surface area contributed by atoms with Crippen LogP contribution in [0.15, 0.2) is 0 Å². The third kappa shape index (κ3) is 3.74. The van der Waals surface area contributed by atoms with Crippen LogP contribution in [0.3, 0.4) is 0 Å². The molecule has 7 aliphatic rings. The van der Waals surface area contributed by atoms with Crippen LogP contribution in [0.4, 0.5) is 8.78 Å². The number of fused-ring (bicyclic) bond motifs is 1.